The Morgan fingerprint density at radius 1 is 1.25 bits per heavy atom. The number of benzene rings is 1. The molecule has 126 valence electrons. The normalized spacial score (nSPS) is 14.3. The van der Waals surface area contributed by atoms with Crippen LogP contribution in [0.4, 0.5) is 11.4 Å². The smallest absolute Gasteiger partial charge is 0.278 e. The van der Waals surface area contributed by atoms with Crippen LogP contribution >= 0.6 is 0 Å². The third-order valence-corrected chi connectivity index (χ3v) is 3.82. The average molecular weight is 329 g/mol. The van der Waals surface area contributed by atoms with E-state index in [9.17, 15) is 9.90 Å². The molecule has 2 N–H and O–H groups in total. The van der Waals surface area contributed by atoms with E-state index in [2.05, 4.69) is 15.2 Å². The van der Waals surface area contributed by atoms with Crippen LogP contribution in [-0.4, -0.2) is 49.4 Å². The molecule has 0 atom stereocenters. The molecule has 0 radical (unpaired) electrons. The van der Waals surface area contributed by atoms with Crippen LogP contribution in [0.1, 0.15) is 10.5 Å². The highest BCUT2D eigenvalue weighted by molar-refractivity contribution is 6.05. The van der Waals surface area contributed by atoms with Crippen LogP contribution in [0.15, 0.2) is 36.5 Å². The number of aromatic nitrogens is 1. The Morgan fingerprint density at radius 2 is 1.96 bits per heavy atom. The first kappa shape index (κ1) is 16.1. The van der Waals surface area contributed by atoms with E-state index >= 15 is 0 Å². The molecule has 0 saturated carbocycles. The summed E-state index contributed by atoms with van der Waals surface area (Å²) in [7, 11) is 1.42. The van der Waals surface area contributed by atoms with Gasteiger partial charge in [-0.15, -0.1) is 0 Å². The van der Waals surface area contributed by atoms with Crippen molar-refractivity contribution in [3.63, 3.8) is 0 Å². The maximum absolute atomic E-state index is 12.3. The number of ether oxygens (including phenoxy) is 2. The number of nitrogens with one attached hydrogen (secondary N) is 1. The molecule has 2 heterocycles. The Balaban J connectivity index is 1.70. The summed E-state index contributed by atoms with van der Waals surface area (Å²) in [6, 6.07) is 9.02. The van der Waals surface area contributed by atoms with Crippen molar-refractivity contribution in [3.8, 4) is 11.5 Å². The van der Waals surface area contributed by atoms with Crippen LogP contribution in [0.2, 0.25) is 0 Å². The first-order chi connectivity index (χ1) is 11.7. The quantitative estimate of drug-likeness (QED) is 0.891. The van der Waals surface area contributed by atoms with Crippen LogP contribution in [0.3, 0.4) is 0 Å². The minimum atomic E-state index is -0.495. The van der Waals surface area contributed by atoms with Crippen molar-refractivity contribution in [2.24, 2.45) is 0 Å². The van der Waals surface area contributed by atoms with Crippen LogP contribution in [0, 0.1) is 0 Å². The summed E-state index contributed by atoms with van der Waals surface area (Å²) in [6.45, 7) is 3.15. The lowest BCUT2D eigenvalue weighted by Crippen LogP contribution is -2.36. The molecule has 1 aliphatic rings. The van der Waals surface area contributed by atoms with Gasteiger partial charge in [0.25, 0.3) is 5.91 Å². The van der Waals surface area contributed by atoms with Crippen molar-refractivity contribution in [1.82, 2.24) is 4.98 Å². The predicted molar refractivity (Wildman–Crippen MR) is 89.9 cm³/mol. The van der Waals surface area contributed by atoms with E-state index in [1.165, 1.54) is 19.4 Å². The largest absolute Gasteiger partial charge is 0.503 e. The molecule has 1 amide bonds. The number of amides is 1. The number of morpholine rings is 1. The molecule has 1 aromatic carbocycles. The van der Waals surface area contributed by atoms with Gasteiger partial charge in [-0.2, -0.15) is 0 Å². The lowest BCUT2D eigenvalue weighted by atomic mass is 10.2. The minimum absolute atomic E-state index is 0.0772. The minimum Gasteiger partial charge on any atom is -0.503 e. The van der Waals surface area contributed by atoms with E-state index in [1.807, 2.05) is 24.3 Å². The fourth-order valence-corrected chi connectivity index (χ4v) is 2.53. The summed E-state index contributed by atoms with van der Waals surface area (Å²) in [4.78, 5) is 18.4. The number of hydrogen-bond acceptors (Lipinski definition) is 6. The lowest BCUT2D eigenvalue weighted by Gasteiger charge is -2.28. The molecule has 2 aromatic rings. The van der Waals surface area contributed by atoms with Gasteiger partial charge in [0.2, 0.25) is 0 Å². The Morgan fingerprint density at radius 3 is 2.62 bits per heavy atom. The van der Waals surface area contributed by atoms with Crippen molar-refractivity contribution in [1.29, 1.82) is 0 Å². The van der Waals surface area contributed by atoms with E-state index in [-0.39, 0.29) is 17.2 Å². The van der Waals surface area contributed by atoms with E-state index in [1.54, 1.807) is 0 Å². The molecule has 0 bridgehead atoms. The van der Waals surface area contributed by atoms with E-state index in [0.717, 1.165) is 32.0 Å². The van der Waals surface area contributed by atoms with Crippen LogP contribution in [-0.2, 0) is 4.74 Å². The molecule has 7 nitrogen and oxygen atoms in total. The summed E-state index contributed by atoms with van der Waals surface area (Å²) in [5.41, 5.74) is 1.63. The molecule has 0 unspecified atom stereocenters. The number of anilines is 2. The Bertz CT molecular complexity index is 712. The monoisotopic (exact) mass is 329 g/mol. The Hall–Kier alpha value is -2.80. The fourth-order valence-electron chi connectivity index (χ4n) is 2.53. The fraction of sp³-hybridized carbons (Fsp3) is 0.294. The second-order valence-electron chi connectivity index (χ2n) is 5.31. The van der Waals surface area contributed by atoms with Crippen molar-refractivity contribution in [2.45, 2.75) is 0 Å². The van der Waals surface area contributed by atoms with Gasteiger partial charge >= 0.3 is 0 Å². The highest BCUT2D eigenvalue weighted by Gasteiger charge is 2.17. The summed E-state index contributed by atoms with van der Waals surface area (Å²) in [5, 5.41) is 12.7. The number of pyridine rings is 1. The summed E-state index contributed by atoms with van der Waals surface area (Å²) >= 11 is 0. The molecule has 3 rings (SSSR count). The highest BCUT2D eigenvalue weighted by Crippen LogP contribution is 2.28. The van der Waals surface area contributed by atoms with Crippen molar-refractivity contribution < 1.29 is 19.4 Å². The van der Waals surface area contributed by atoms with Gasteiger partial charge in [0, 0.05) is 36.7 Å². The molecule has 24 heavy (non-hydrogen) atoms. The molecular formula is C17H19N3O4. The summed E-state index contributed by atoms with van der Waals surface area (Å²) in [5.74, 6) is -0.564. The summed E-state index contributed by atoms with van der Waals surface area (Å²) < 4.78 is 10.3. The SMILES string of the molecule is COc1ccnc(C(=O)Nc2ccc(N3CCOCC3)cc2)c1O. The first-order valence-corrected chi connectivity index (χ1v) is 7.65. The second-order valence-corrected chi connectivity index (χ2v) is 5.31. The summed E-state index contributed by atoms with van der Waals surface area (Å²) in [6.07, 6.45) is 1.41. The molecule has 1 saturated heterocycles. The Kier molecular flexibility index (Phi) is 4.81. The van der Waals surface area contributed by atoms with Crippen LogP contribution in [0.5, 0.6) is 11.5 Å². The second kappa shape index (κ2) is 7.18. The van der Waals surface area contributed by atoms with Crippen molar-refractivity contribution in [2.75, 3.05) is 43.6 Å². The molecule has 0 aliphatic carbocycles. The third kappa shape index (κ3) is 3.41. The predicted octanol–water partition coefficient (Wildman–Crippen LogP) is 1.88. The van der Waals surface area contributed by atoms with Gasteiger partial charge in [-0.3, -0.25) is 4.79 Å². The molecule has 7 heteroatoms. The zero-order valence-electron chi connectivity index (χ0n) is 13.4. The number of carbonyl (C=O) groups is 1. The zero-order valence-corrected chi connectivity index (χ0v) is 13.4. The highest BCUT2D eigenvalue weighted by atomic mass is 16.5. The maximum atomic E-state index is 12.3. The topological polar surface area (TPSA) is 83.9 Å². The number of carbonyl (C=O) groups excluding carboxylic acids is 1. The van der Waals surface area contributed by atoms with Gasteiger partial charge in [0.1, 0.15) is 0 Å². The van der Waals surface area contributed by atoms with E-state index in [4.69, 9.17) is 9.47 Å². The van der Waals surface area contributed by atoms with Gasteiger partial charge in [0.15, 0.2) is 17.2 Å². The van der Waals surface area contributed by atoms with Gasteiger partial charge in [0.05, 0.1) is 20.3 Å². The number of rotatable bonds is 4. The van der Waals surface area contributed by atoms with Crippen LogP contribution in [0.25, 0.3) is 0 Å². The van der Waals surface area contributed by atoms with Gasteiger partial charge < -0.3 is 24.8 Å². The standard InChI is InChI=1S/C17H19N3O4/c1-23-14-6-7-18-15(16(14)21)17(22)19-12-2-4-13(5-3-12)20-8-10-24-11-9-20/h2-7,21H,8-11H2,1H3,(H,19,22). The number of aromatic hydroxyl groups is 1. The number of hydrogen-bond donors (Lipinski definition) is 2. The lowest BCUT2D eigenvalue weighted by molar-refractivity contribution is 0.101. The van der Waals surface area contributed by atoms with Crippen molar-refractivity contribution in [3.05, 3.63) is 42.2 Å². The van der Waals surface area contributed by atoms with Crippen LogP contribution < -0.4 is 15.0 Å². The number of methoxy groups -OCH3 is 1. The molecule has 1 aliphatic heterocycles. The van der Waals surface area contributed by atoms with E-state index < -0.39 is 5.91 Å². The molecule has 0 spiro atoms. The first-order valence-electron chi connectivity index (χ1n) is 7.65. The average Bonchev–Trinajstić information content (AvgIpc) is 2.63. The molecular weight excluding hydrogens is 310 g/mol. The van der Waals surface area contributed by atoms with Gasteiger partial charge in [-0.25, -0.2) is 4.98 Å². The number of nitrogens with zero attached hydrogens (tertiary/aromatic N) is 2. The Labute approximate surface area is 139 Å². The zero-order chi connectivity index (χ0) is 16.9. The molecule has 1 fully saturated rings. The van der Waals surface area contributed by atoms with Crippen molar-refractivity contribution >= 4 is 17.3 Å². The van der Waals surface area contributed by atoms with E-state index in [0.29, 0.717) is 5.69 Å². The van der Waals surface area contributed by atoms with Gasteiger partial charge in [-0.1, -0.05) is 0 Å². The third-order valence-electron chi connectivity index (χ3n) is 3.82. The maximum Gasteiger partial charge on any atom is 0.278 e. The van der Waals surface area contributed by atoms with Gasteiger partial charge in [-0.05, 0) is 24.3 Å². The molecule has 1 aromatic heterocycles.